The van der Waals surface area contributed by atoms with Gasteiger partial charge in [-0.25, -0.2) is 4.79 Å². The van der Waals surface area contributed by atoms with Crippen molar-refractivity contribution < 1.29 is 32.6 Å². The Morgan fingerprint density at radius 3 is 2.26 bits per heavy atom. The molecule has 0 saturated heterocycles. The van der Waals surface area contributed by atoms with Crippen LogP contribution in [0, 0.1) is 5.41 Å². The highest BCUT2D eigenvalue weighted by molar-refractivity contribution is 5.82. The molecular formula is C22H25F3N2O4. The van der Waals surface area contributed by atoms with Crippen molar-refractivity contribution in [1.29, 1.82) is 0 Å². The first kappa shape index (κ1) is 24.2. The number of ether oxygens (including phenoxy) is 1. The minimum absolute atomic E-state index is 0.271. The summed E-state index contributed by atoms with van der Waals surface area (Å²) in [6.45, 7) is 7.69. The molecule has 0 fully saturated rings. The quantitative estimate of drug-likeness (QED) is 0.645. The smallest absolute Gasteiger partial charge is 0.414 e. The van der Waals surface area contributed by atoms with Gasteiger partial charge in [0.25, 0.3) is 0 Å². The number of alkyl halides is 3. The molecule has 0 aliphatic carbocycles. The van der Waals surface area contributed by atoms with E-state index in [1.54, 1.807) is 45.0 Å². The molecule has 0 radical (unpaired) electrons. The van der Waals surface area contributed by atoms with Crippen LogP contribution in [0.1, 0.15) is 51.9 Å². The van der Waals surface area contributed by atoms with Gasteiger partial charge in [0.2, 0.25) is 0 Å². The Labute approximate surface area is 178 Å². The van der Waals surface area contributed by atoms with Crippen molar-refractivity contribution in [2.24, 2.45) is 5.41 Å². The lowest BCUT2D eigenvalue weighted by atomic mass is 9.92. The number of rotatable bonds is 5. The van der Waals surface area contributed by atoms with Gasteiger partial charge in [0, 0.05) is 5.39 Å². The van der Waals surface area contributed by atoms with Crippen molar-refractivity contribution in [2.45, 2.75) is 52.4 Å². The Morgan fingerprint density at radius 1 is 1.10 bits per heavy atom. The summed E-state index contributed by atoms with van der Waals surface area (Å²) in [4.78, 5) is 27.2. The van der Waals surface area contributed by atoms with Gasteiger partial charge < -0.3 is 15.2 Å². The number of amides is 1. The molecule has 9 heteroatoms. The minimum Gasteiger partial charge on any atom is -0.481 e. The number of fused-ring (bicyclic) bond motifs is 1. The van der Waals surface area contributed by atoms with Crippen LogP contribution in [0.5, 0.6) is 0 Å². The third-order valence-corrected chi connectivity index (χ3v) is 4.27. The lowest BCUT2D eigenvalue weighted by Gasteiger charge is -2.25. The van der Waals surface area contributed by atoms with E-state index < -0.39 is 41.0 Å². The molecule has 0 aliphatic heterocycles. The number of hydrogen-bond donors (Lipinski definition) is 2. The monoisotopic (exact) mass is 438 g/mol. The number of nitrogens with one attached hydrogen (secondary N) is 1. The normalized spacial score (nSPS) is 13.9. The average molecular weight is 438 g/mol. The van der Waals surface area contributed by atoms with E-state index in [0.29, 0.717) is 10.9 Å². The summed E-state index contributed by atoms with van der Waals surface area (Å²) in [7, 11) is 0. The number of carbonyl (C=O) groups excluding carboxylic acids is 1. The predicted molar refractivity (Wildman–Crippen MR) is 110 cm³/mol. The molecule has 1 heterocycles. The van der Waals surface area contributed by atoms with E-state index in [1.165, 1.54) is 32.1 Å². The molecule has 0 aliphatic rings. The van der Waals surface area contributed by atoms with E-state index in [-0.39, 0.29) is 5.52 Å². The van der Waals surface area contributed by atoms with Crippen LogP contribution >= 0.6 is 0 Å². The summed E-state index contributed by atoms with van der Waals surface area (Å²) >= 11 is 0. The van der Waals surface area contributed by atoms with Crippen molar-refractivity contribution in [3.63, 3.8) is 0 Å². The minimum atomic E-state index is -4.79. The SMILES string of the molecule is CC(C)(C)OC(=O)NC(c1ccc2ccc(C=CC(C)(C)C(=O)O)cc2n1)C(F)(F)F. The molecule has 2 N–H and O–H groups in total. The van der Waals surface area contributed by atoms with Gasteiger partial charge in [-0.3, -0.25) is 9.78 Å². The number of hydrogen-bond acceptors (Lipinski definition) is 4. The second-order valence-corrected chi connectivity index (χ2v) is 8.67. The van der Waals surface area contributed by atoms with Crippen LogP contribution in [0.3, 0.4) is 0 Å². The van der Waals surface area contributed by atoms with E-state index in [4.69, 9.17) is 4.74 Å². The standard InChI is InChI=1S/C22H25F3N2O4/c1-20(2,3)31-19(30)27-17(22(23,24)25)15-9-8-14-7-6-13(12-16(14)26-15)10-11-21(4,5)18(28)29/h6-12,17H,1-5H3,(H,27,30)(H,28,29). The third-order valence-electron chi connectivity index (χ3n) is 4.27. The van der Waals surface area contributed by atoms with Crippen LogP contribution in [0.4, 0.5) is 18.0 Å². The van der Waals surface area contributed by atoms with Gasteiger partial charge in [0.05, 0.1) is 16.6 Å². The number of benzene rings is 1. The highest BCUT2D eigenvalue weighted by Crippen LogP contribution is 2.33. The van der Waals surface area contributed by atoms with E-state index in [0.717, 1.165) is 0 Å². The number of carbonyl (C=O) groups is 2. The molecule has 1 aromatic heterocycles. The van der Waals surface area contributed by atoms with Crippen molar-refractivity contribution in [3.05, 3.63) is 47.7 Å². The maximum Gasteiger partial charge on any atom is 0.414 e. The van der Waals surface area contributed by atoms with Crippen LogP contribution in [0.2, 0.25) is 0 Å². The Morgan fingerprint density at radius 2 is 1.71 bits per heavy atom. The molecule has 6 nitrogen and oxygen atoms in total. The van der Waals surface area contributed by atoms with E-state index >= 15 is 0 Å². The van der Waals surface area contributed by atoms with Gasteiger partial charge in [0.15, 0.2) is 6.04 Å². The number of aliphatic carboxylic acids is 1. The number of alkyl carbamates (subject to hydrolysis) is 1. The predicted octanol–water partition coefficient (Wildman–Crippen LogP) is 5.49. The van der Waals surface area contributed by atoms with Gasteiger partial charge in [-0.15, -0.1) is 0 Å². The molecule has 0 saturated carbocycles. The van der Waals surface area contributed by atoms with E-state index in [9.17, 15) is 27.9 Å². The Balaban J connectivity index is 2.40. The second kappa shape index (κ2) is 8.56. The first-order chi connectivity index (χ1) is 14.1. The van der Waals surface area contributed by atoms with Gasteiger partial charge in [0.1, 0.15) is 5.60 Å². The molecule has 0 bridgehead atoms. The first-order valence-electron chi connectivity index (χ1n) is 9.48. The fourth-order valence-electron chi connectivity index (χ4n) is 2.54. The van der Waals surface area contributed by atoms with Crippen molar-refractivity contribution in [1.82, 2.24) is 10.3 Å². The summed E-state index contributed by atoms with van der Waals surface area (Å²) in [6, 6.07) is 5.25. The number of aromatic nitrogens is 1. The van der Waals surface area contributed by atoms with Crippen LogP contribution in [0.15, 0.2) is 36.4 Å². The molecule has 2 aromatic rings. The largest absolute Gasteiger partial charge is 0.481 e. The van der Waals surface area contributed by atoms with Gasteiger partial charge in [-0.2, -0.15) is 13.2 Å². The zero-order valence-electron chi connectivity index (χ0n) is 17.9. The molecule has 1 amide bonds. The number of pyridine rings is 1. The summed E-state index contributed by atoms with van der Waals surface area (Å²) < 4.78 is 45.8. The molecule has 1 atom stereocenters. The molecular weight excluding hydrogens is 413 g/mol. The van der Waals surface area contributed by atoms with Crippen LogP contribution in [-0.4, -0.2) is 33.9 Å². The van der Waals surface area contributed by atoms with Crippen molar-refractivity contribution in [3.8, 4) is 0 Å². The maximum atomic E-state index is 13.6. The highest BCUT2D eigenvalue weighted by atomic mass is 19.4. The zero-order valence-corrected chi connectivity index (χ0v) is 17.9. The number of carboxylic acids is 1. The Hall–Kier alpha value is -3.10. The lowest BCUT2D eigenvalue weighted by Crippen LogP contribution is -2.41. The number of halogens is 3. The Bertz CT molecular complexity index is 1010. The van der Waals surface area contributed by atoms with Crippen LogP contribution in [-0.2, 0) is 9.53 Å². The fourth-order valence-corrected chi connectivity index (χ4v) is 2.54. The lowest BCUT2D eigenvalue weighted by molar-refractivity contribution is -0.157. The zero-order chi connectivity index (χ0) is 23.6. The molecule has 168 valence electrons. The maximum absolute atomic E-state index is 13.6. The van der Waals surface area contributed by atoms with Crippen LogP contribution in [0.25, 0.3) is 17.0 Å². The number of carboxylic acid groups (broad SMARTS) is 1. The molecule has 2 rings (SSSR count). The summed E-state index contributed by atoms with van der Waals surface area (Å²) in [5.41, 5.74) is -1.61. The summed E-state index contributed by atoms with van der Waals surface area (Å²) in [5, 5.41) is 11.6. The third kappa shape index (κ3) is 6.70. The summed E-state index contributed by atoms with van der Waals surface area (Å²) in [5.74, 6) is -1.01. The van der Waals surface area contributed by atoms with Crippen molar-refractivity contribution >= 4 is 29.0 Å². The molecule has 1 unspecified atom stereocenters. The molecule has 31 heavy (non-hydrogen) atoms. The molecule has 1 aromatic carbocycles. The van der Waals surface area contributed by atoms with Gasteiger partial charge in [-0.1, -0.05) is 30.4 Å². The highest BCUT2D eigenvalue weighted by Gasteiger charge is 2.43. The van der Waals surface area contributed by atoms with Gasteiger partial charge >= 0.3 is 18.2 Å². The Kier molecular flexibility index (Phi) is 6.68. The topological polar surface area (TPSA) is 88.5 Å². The molecule has 0 spiro atoms. The summed E-state index contributed by atoms with van der Waals surface area (Å²) in [6.07, 6.45) is -2.93. The van der Waals surface area contributed by atoms with Gasteiger partial charge in [-0.05, 0) is 52.3 Å². The van der Waals surface area contributed by atoms with E-state index in [2.05, 4.69) is 4.98 Å². The van der Waals surface area contributed by atoms with Crippen molar-refractivity contribution in [2.75, 3.05) is 0 Å². The number of nitrogens with zero attached hydrogens (tertiary/aromatic N) is 1. The second-order valence-electron chi connectivity index (χ2n) is 8.67. The van der Waals surface area contributed by atoms with E-state index in [1.807, 2.05) is 5.32 Å². The fraction of sp³-hybridized carbons (Fsp3) is 0.409. The first-order valence-corrected chi connectivity index (χ1v) is 9.48. The van der Waals surface area contributed by atoms with Crippen LogP contribution < -0.4 is 5.32 Å². The average Bonchev–Trinajstić information content (AvgIpc) is 2.61.